The Morgan fingerprint density at radius 2 is 2.04 bits per heavy atom. The highest BCUT2D eigenvalue weighted by Gasteiger charge is 2.13. The van der Waals surface area contributed by atoms with Crippen molar-refractivity contribution in [1.29, 1.82) is 0 Å². The zero-order valence-electron chi connectivity index (χ0n) is 12.9. The fraction of sp³-hybridized carbons (Fsp3) is 0.125. The average Bonchev–Trinajstić information content (AvgIpc) is 3.26. The molecule has 0 unspecified atom stereocenters. The molecule has 8 heteroatoms. The molecule has 122 valence electrons. The van der Waals surface area contributed by atoms with Crippen molar-refractivity contribution in [3.63, 3.8) is 0 Å². The van der Waals surface area contributed by atoms with E-state index in [9.17, 15) is 9.59 Å². The van der Waals surface area contributed by atoms with Gasteiger partial charge in [-0.3, -0.25) is 9.59 Å². The maximum atomic E-state index is 11.7. The minimum absolute atomic E-state index is 0.130. The number of carbonyl (C=O) groups excluding carboxylic acids is 2. The van der Waals surface area contributed by atoms with Gasteiger partial charge in [-0.1, -0.05) is 12.1 Å². The highest BCUT2D eigenvalue weighted by Crippen LogP contribution is 2.10. The first-order chi connectivity index (χ1) is 11.6. The molecule has 2 aromatic heterocycles. The molecule has 1 aromatic carbocycles. The molecule has 3 rings (SSSR count). The van der Waals surface area contributed by atoms with Gasteiger partial charge >= 0.3 is 11.8 Å². The van der Waals surface area contributed by atoms with Crippen molar-refractivity contribution in [1.82, 2.24) is 20.7 Å². The lowest BCUT2D eigenvalue weighted by Crippen LogP contribution is -2.37. The smallest absolute Gasteiger partial charge is 0.329 e. The van der Waals surface area contributed by atoms with E-state index in [-0.39, 0.29) is 6.54 Å². The summed E-state index contributed by atoms with van der Waals surface area (Å²) in [5.41, 5.74) is 4.32. The van der Waals surface area contributed by atoms with Gasteiger partial charge in [-0.2, -0.15) is 5.10 Å². The lowest BCUT2D eigenvalue weighted by Gasteiger charge is -2.02. The maximum absolute atomic E-state index is 11.7. The quantitative estimate of drug-likeness (QED) is 0.381. The van der Waals surface area contributed by atoms with Crippen LogP contribution < -0.4 is 10.7 Å². The molecular formula is C16H15N5O3. The molecule has 24 heavy (non-hydrogen) atoms. The Hall–Kier alpha value is -3.42. The molecule has 0 saturated heterocycles. The van der Waals surface area contributed by atoms with E-state index in [4.69, 9.17) is 4.42 Å². The number of amides is 2. The molecule has 0 fully saturated rings. The first-order valence-electron chi connectivity index (χ1n) is 7.23. The summed E-state index contributed by atoms with van der Waals surface area (Å²) in [6, 6.07) is 10.9. The first-order valence-corrected chi connectivity index (χ1v) is 7.23. The van der Waals surface area contributed by atoms with Crippen LogP contribution in [0.5, 0.6) is 0 Å². The van der Waals surface area contributed by atoms with Crippen molar-refractivity contribution < 1.29 is 14.0 Å². The zero-order valence-corrected chi connectivity index (χ0v) is 12.9. The second-order valence-corrected chi connectivity index (χ2v) is 5.00. The number of rotatable bonds is 4. The van der Waals surface area contributed by atoms with Crippen LogP contribution in [-0.4, -0.2) is 27.5 Å². The van der Waals surface area contributed by atoms with E-state index >= 15 is 0 Å². The first kappa shape index (κ1) is 15.5. The van der Waals surface area contributed by atoms with Crippen LogP contribution >= 0.6 is 0 Å². The molecule has 8 nitrogen and oxygen atoms in total. The van der Waals surface area contributed by atoms with Gasteiger partial charge in [0, 0.05) is 0 Å². The van der Waals surface area contributed by atoms with Crippen molar-refractivity contribution in [3.8, 4) is 0 Å². The largest absolute Gasteiger partial charge is 0.467 e. The number of hydrogen-bond donors (Lipinski definition) is 3. The van der Waals surface area contributed by atoms with Gasteiger partial charge in [-0.05, 0) is 31.2 Å². The lowest BCUT2D eigenvalue weighted by molar-refractivity contribution is -0.139. The second-order valence-electron chi connectivity index (χ2n) is 5.00. The van der Waals surface area contributed by atoms with Crippen LogP contribution in [0.15, 0.2) is 52.2 Å². The van der Waals surface area contributed by atoms with Crippen molar-refractivity contribution in [2.24, 2.45) is 5.10 Å². The number of hydrazone groups is 1. The third-order valence-electron chi connectivity index (χ3n) is 3.27. The Kier molecular flexibility index (Phi) is 4.37. The number of carbonyl (C=O) groups is 2. The van der Waals surface area contributed by atoms with E-state index in [1.165, 1.54) is 6.26 Å². The van der Waals surface area contributed by atoms with Crippen LogP contribution in [0.1, 0.15) is 18.5 Å². The molecular weight excluding hydrogens is 310 g/mol. The Morgan fingerprint density at radius 3 is 2.79 bits per heavy atom. The van der Waals surface area contributed by atoms with Crippen LogP contribution in [0, 0.1) is 0 Å². The minimum Gasteiger partial charge on any atom is -0.467 e. The van der Waals surface area contributed by atoms with E-state index in [1.54, 1.807) is 19.1 Å². The van der Waals surface area contributed by atoms with Gasteiger partial charge in [-0.15, -0.1) is 0 Å². The zero-order chi connectivity index (χ0) is 16.9. The summed E-state index contributed by atoms with van der Waals surface area (Å²) in [4.78, 5) is 30.8. The Balaban J connectivity index is 1.59. The number of imidazole rings is 1. The number of para-hydroxylation sites is 2. The molecule has 2 heterocycles. The molecule has 0 aliphatic carbocycles. The lowest BCUT2D eigenvalue weighted by atomic mass is 10.3. The van der Waals surface area contributed by atoms with Crippen LogP contribution in [0.2, 0.25) is 0 Å². The topological polar surface area (TPSA) is 112 Å². The van der Waals surface area contributed by atoms with Crippen molar-refractivity contribution in [3.05, 3.63) is 54.2 Å². The standard InChI is InChI=1S/C16H15N5O3/c1-10(14-18-12-6-2-3-7-13(12)19-14)20-21-16(23)15(22)17-9-11-5-4-8-24-11/h2-8H,9H2,1H3,(H,17,22)(H,18,19)(H,21,23)/b20-10+. The van der Waals surface area contributed by atoms with Crippen LogP contribution in [-0.2, 0) is 16.1 Å². The summed E-state index contributed by atoms with van der Waals surface area (Å²) < 4.78 is 5.06. The van der Waals surface area contributed by atoms with Gasteiger partial charge in [-0.25, -0.2) is 10.4 Å². The summed E-state index contributed by atoms with van der Waals surface area (Å²) in [5.74, 6) is -0.588. The van der Waals surface area contributed by atoms with Gasteiger partial charge in [0.15, 0.2) is 5.82 Å². The summed E-state index contributed by atoms with van der Waals surface area (Å²) >= 11 is 0. The second kappa shape index (κ2) is 6.78. The van der Waals surface area contributed by atoms with E-state index in [2.05, 4.69) is 25.8 Å². The minimum atomic E-state index is -0.864. The van der Waals surface area contributed by atoms with E-state index in [1.807, 2.05) is 24.3 Å². The van der Waals surface area contributed by atoms with Crippen molar-refractivity contribution in [2.45, 2.75) is 13.5 Å². The molecule has 0 spiro atoms. The summed E-state index contributed by atoms with van der Waals surface area (Å²) in [7, 11) is 0. The molecule has 0 atom stereocenters. The van der Waals surface area contributed by atoms with E-state index < -0.39 is 11.8 Å². The van der Waals surface area contributed by atoms with Crippen LogP contribution in [0.3, 0.4) is 0 Å². The normalized spacial score (nSPS) is 11.5. The highest BCUT2D eigenvalue weighted by atomic mass is 16.3. The Labute approximate surface area is 137 Å². The molecule has 2 amide bonds. The number of fused-ring (bicyclic) bond motifs is 1. The van der Waals surface area contributed by atoms with E-state index in [0.29, 0.717) is 17.3 Å². The predicted molar refractivity (Wildman–Crippen MR) is 87.0 cm³/mol. The number of benzene rings is 1. The number of H-pyrrole nitrogens is 1. The summed E-state index contributed by atoms with van der Waals surface area (Å²) in [5, 5.41) is 6.33. The highest BCUT2D eigenvalue weighted by molar-refractivity contribution is 6.35. The number of aromatic nitrogens is 2. The van der Waals surface area contributed by atoms with Crippen molar-refractivity contribution >= 4 is 28.6 Å². The van der Waals surface area contributed by atoms with Gasteiger partial charge in [0.25, 0.3) is 0 Å². The average molecular weight is 325 g/mol. The van der Waals surface area contributed by atoms with Gasteiger partial charge in [0.05, 0.1) is 23.8 Å². The van der Waals surface area contributed by atoms with Gasteiger partial charge < -0.3 is 14.7 Å². The van der Waals surface area contributed by atoms with Crippen LogP contribution in [0.25, 0.3) is 11.0 Å². The van der Waals surface area contributed by atoms with Crippen molar-refractivity contribution in [2.75, 3.05) is 0 Å². The summed E-state index contributed by atoms with van der Waals surface area (Å²) in [6.07, 6.45) is 1.49. The molecule has 0 radical (unpaired) electrons. The maximum Gasteiger partial charge on any atom is 0.329 e. The van der Waals surface area contributed by atoms with Gasteiger partial charge in [0.1, 0.15) is 11.5 Å². The number of furan rings is 1. The van der Waals surface area contributed by atoms with Gasteiger partial charge in [0.2, 0.25) is 0 Å². The Morgan fingerprint density at radius 1 is 1.21 bits per heavy atom. The number of nitrogens with zero attached hydrogens (tertiary/aromatic N) is 2. The summed E-state index contributed by atoms with van der Waals surface area (Å²) in [6.45, 7) is 1.81. The number of aromatic amines is 1. The van der Waals surface area contributed by atoms with Crippen LogP contribution in [0.4, 0.5) is 0 Å². The molecule has 3 aromatic rings. The fourth-order valence-electron chi connectivity index (χ4n) is 2.02. The molecule has 0 aliphatic rings. The molecule has 0 aliphatic heterocycles. The molecule has 0 saturated carbocycles. The monoisotopic (exact) mass is 325 g/mol. The SMILES string of the molecule is C/C(=N\NC(=O)C(=O)NCc1ccco1)c1nc2ccccc2[nH]1. The van der Waals surface area contributed by atoms with E-state index in [0.717, 1.165) is 11.0 Å². The third kappa shape index (κ3) is 3.49. The third-order valence-corrected chi connectivity index (χ3v) is 3.27. The molecule has 3 N–H and O–H groups in total. The predicted octanol–water partition coefficient (Wildman–Crippen LogP) is 1.31. The number of nitrogens with one attached hydrogen (secondary N) is 3. The Bertz CT molecular complexity index is 862. The number of hydrogen-bond acceptors (Lipinski definition) is 5. The fourth-order valence-corrected chi connectivity index (χ4v) is 2.02. The molecule has 0 bridgehead atoms.